The first-order valence-electron chi connectivity index (χ1n) is 8.69. The summed E-state index contributed by atoms with van der Waals surface area (Å²) in [6.45, 7) is -0.111. The highest BCUT2D eigenvalue weighted by Crippen LogP contribution is 2.27. The number of halogens is 2. The second kappa shape index (κ2) is 8.46. The fourth-order valence-electron chi connectivity index (χ4n) is 2.65. The van der Waals surface area contributed by atoms with Crippen LogP contribution in [-0.4, -0.2) is 40.5 Å². The van der Waals surface area contributed by atoms with Crippen LogP contribution in [0.5, 0.6) is 5.75 Å². The molecule has 0 radical (unpaired) electrons. The van der Waals surface area contributed by atoms with Crippen molar-refractivity contribution in [2.45, 2.75) is 6.54 Å². The Kier molecular flexibility index (Phi) is 5.97. The topological polar surface area (TPSA) is 101 Å². The van der Waals surface area contributed by atoms with Gasteiger partial charge in [0.1, 0.15) is 23.8 Å². The number of aromatic hydroxyl groups is 1. The molecule has 0 saturated heterocycles. The number of phenols is 1. The van der Waals surface area contributed by atoms with E-state index in [9.17, 15) is 23.5 Å². The van der Waals surface area contributed by atoms with Gasteiger partial charge in [0.25, 0.3) is 5.91 Å². The maximum Gasteiger partial charge on any atom is 0.252 e. The number of nitrogens with two attached hydrogens (primary N) is 1. The smallest absolute Gasteiger partial charge is 0.252 e. The first-order valence-corrected chi connectivity index (χ1v) is 9.56. The molecule has 30 heavy (non-hydrogen) atoms. The predicted octanol–water partition coefficient (Wildman–Crippen LogP) is 2.62. The number of carbonyl (C=O) groups is 2. The van der Waals surface area contributed by atoms with Crippen LogP contribution in [0.15, 0.2) is 46.8 Å². The number of carbonyl (C=O) groups excluding carboxylic acids is 2. The van der Waals surface area contributed by atoms with E-state index in [0.29, 0.717) is 16.1 Å². The molecule has 2 aromatic carbocycles. The first kappa shape index (κ1) is 21.2. The van der Waals surface area contributed by atoms with Crippen LogP contribution in [0.4, 0.5) is 14.5 Å². The van der Waals surface area contributed by atoms with Gasteiger partial charge in [-0.3, -0.25) is 9.59 Å². The molecule has 1 aromatic heterocycles. The van der Waals surface area contributed by atoms with E-state index >= 15 is 0 Å². The Hall–Kier alpha value is -3.53. The van der Waals surface area contributed by atoms with Gasteiger partial charge < -0.3 is 20.3 Å². The average Bonchev–Trinajstić information content (AvgIpc) is 3.06. The highest BCUT2D eigenvalue weighted by molar-refractivity contribution is 7.07. The average molecular weight is 432 g/mol. The van der Waals surface area contributed by atoms with Crippen molar-refractivity contribution in [3.8, 4) is 17.0 Å². The molecule has 7 nitrogen and oxygen atoms in total. The minimum absolute atomic E-state index is 0.0766. The maximum atomic E-state index is 14.1. The van der Waals surface area contributed by atoms with Crippen molar-refractivity contribution in [3.05, 3.63) is 63.8 Å². The first-order chi connectivity index (χ1) is 14.2. The fraction of sp³-hybridized carbons (Fsp3) is 0.150. The molecule has 10 heteroatoms. The molecule has 0 bridgehead atoms. The van der Waals surface area contributed by atoms with E-state index in [1.54, 1.807) is 30.1 Å². The van der Waals surface area contributed by atoms with E-state index < -0.39 is 17.5 Å². The van der Waals surface area contributed by atoms with E-state index in [2.05, 4.69) is 4.99 Å². The van der Waals surface area contributed by atoms with Crippen LogP contribution in [0, 0.1) is 11.6 Å². The number of thiazole rings is 1. The molecule has 0 unspecified atom stereocenters. The highest BCUT2D eigenvalue weighted by Gasteiger charge is 2.16. The number of nitrogens with zero attached hydrogens (tertiary/aromatic N) is 3. The third-order valence-electron chi connectivity index (χ3n) is 4.27. The molecule has 3 rings (SSSR count). The van der Waals surface area contributed by atoms with Crippen LogP contribution in [0.2, 0.25) is 0 Å². The molecule has 156 valence electrons. The van der Waals surface area contributed by atoms with Crippen molar-refractivity contribution in [1.82, 2.24) is 9.47 Å². The summed E-state index contributed by atoms with van der Waals surface area (Å²) in [4.78, 5) is 29.9. The molecule has 2 amide bonds. The lowest BCUT2D eigenvalue weighted by Crippen LogP contribution is -2.30. The van der Waals surface area contributed by atoms with Crippen LogP contribution in [-0.2, 0) is 11.3 Å². The van der Waals surface area contributed by atoms with Gasteiger partial charge in [0, 0.05) is 31.1 Å². The van der Waals surface area contributed by atoms with E-state index in [1.165, 1.54) is 23.1 Å². The Bertz CT molecular complexity index is 1200. The normalized spacial score (nSPS) is 11.5. The fourth-order valence-corrected chi connectivity index (χ4v) is 3.57. The molecule has 0 aliphatic heterocycles. The van der Waals surface area contributed by atoms with Gasteiger partial charge >= 0.3 is 0 Å². The Balaban J connectivity index is 2.20. The lowest BCUT2D eigenvalue weighted by atomic mass is 10.1. The molecule has 1 heterocycles. The Morgan fingerprint density at radius 3 is 2.57 bits per heavy atom. The summed E-state index contributed by atoms with van der Waals surface area (Å²) in [5.41, 5.74) is 6.16. The van der Waals surface area contributed by atoms with Gasteiger partial charge in [-0.2, -0.15) is 0 Å². The molecular weight excluding hydrogens is 414 g/mol. The minimum atomic E-state index is -0.837. The number of hydrogen-bond acceptors (Lipinski definition) is 5. The van der Waals surface area contributed by atoms with Gasteiger partial charge in [-0.25, -0.2) is 13.8 Å². The number of likely N-dealkylation sites (N-methyl/N-ethyl adjacent to an activating group) is 1. The van der Waals surface area contributed by atoms with Crippen molar-refractivity contribution in [1.29, 1.82) is 0 Å². The summed E-state index contributed by atoms with van der Waals surface area (Å²) in [5, 5.41) is 11.5. The Morgan fingerprint density at radius 1 is 1.20 bits per heavy atom. The highest BCUT2D eigenvalue weighted by atomic mass is 32.1. The van der Waals surface area contributed by atoms with Crippen molar-refractivity contribution >= 4 is 28.8 Å². The second-order valence-corrected chi connectivity index (χ2v) is 7.42. The SMILES string of the molecule is CN(C)C(=O)Cn1c(-c2ccc(O)c(C(N)=O)c2)csc1=Nc1ccc(F)cc1F. The molecule has 3 N–H and O–H groups in total. The maximum absolute atomic E-state index is 14.1. The second-order valence-electron chi connectivity index (χ2n) is 6.58. The van der Waals surface area contributed by atoms with Gasteiger partial charge in [0.05, 0.1) is 11.3 Å². The van der Waals surface area contributed by atoms with Crippen molar-refractivity contribution in [3.63, 3.8) is 0 Å². The van der Waals surface area contributed by atoms with Gasteiger partial charge in [0.2, 0.25) is 5.91 Å². The number of benzene rings is 2. The number of primary amides is 1. The number of hydrogen-bond donors (Lipinski definition) is 2. The molecule has 0 spiro atoms. The van der Waals surface area contributed by atoms with Crippen LogP contribution in [0.1, 0.15) is 10.4 Å². The molecule has 0 atom stereocenters. The summed E-state index contributed by atoms with van der Waals surface area (Å²) < 4.78 is 28.8. The monoisotopic (exact) mass is 432 g/mol. The molecule has 0 aliphatic rings. The largest absolute Gasteiger partial charge is 0.507 e. The Labute approximate surface area is 174 Å². The van der Waals surface area contributed by atoms with Crippen molar-refractivity contribution in [2.75, 3.05) is 14.1 Å². The van der Waals surface area contributed by atoms with E-state index in [1.807, 2.05) is 0 Å². The molecular formula is C20H18F2N4O3S. The zero-order chi connectivity index (χ0) is 22.0. The van der Waals surface area contributed by atoms with Crippen LogP contribution in [0.3, 0.4) is 0 Å². The standard InChI is InChI=1S/C20H18F2N4O3S/c1-25(2)18(28)9-26-16(11-3-6-17(27)13(7-11)19(23)29)10-30-20(26)24-15-5-4-12(21)8-14(15)22/h3-8,10,27H,9H2,1-2H3,(H2,23,29). The molecule has 0 saturated carbocycles. The number of rotatable bonds is 5. The summed E-state index contributed by atoms with van der Waals surface area (Å²) in [7, 11) is 3.19. The minimum Gasteiger partial charge on any atom is -0.507 e. The summed E-state index contributed by atoms with van der Waals surface area (Å²) in [5.74, 6) is -2.88. The van der Waals surface area contributed by atoms with Crippen LogP contribution < -0.4 is 10.5 Å². The predicted molar refractivity (Wildman–Crippen MR) is 108 cm³/mol. The summed E-state index contributed by atoms with van der Waals surface area (Å²) in [6.07, 6.45) is 0. The van der Waals surface area contributed by atoms with Gasteiger partial charge in [-0.05, 0) is 30.3 Å². The molecule has 3 aromatic rings. The van der Waals surface area contributed by atoms with Crippen LogP contribution >= 0.6 is 11.3 Å². The lowest BCUT2D eigenvalue weighted by molar-refractivity contribution is -0.129. The number of amides is 2. The van der Waals surface area contributed by atoms with Crippen LogP contribution in [0.25, 0.3) is 11.3 Å². The zero-order valence-electron chi connectivity index (χ0n) is 16.1. The Morgan fingerprint density at radius 2 is 1.93 bits per heavy atom. The zero-order valence-corrected chi connectivity index (χ0v) is 16.9. The lowest BCUT2D eigenvalue weighted by Gasteiger charge is -2.14. The van der Waals surface area contributed by atoms with Gasteiger partial charge in [-0.15, -0.1) is 11.3 Å². The quantitative estimate of drug-likeness (QED) is 0.648. The molecule has 0 fully saturated rings. The van der Waals surface area contributed by atoms with Crippen molar-refractivity contribution < 1.29 is 23.5 Å². The third-order valence-corrected chi connectivity index (χ3v) is 5.14. The van der Waals surface area contributed by atoms with Gasteiger partial charge in [-0.1, -0.05) is 0 Å². The summed E-state index contributed by atoms with van der Waals surface area (Å²) >= 11 is 1.14. The summed E-state index contributed by atoms with van der Waals surface area (Å²) in [6, 6.07) is 7.30. The van der Waals surface area contributed by atoms with E-state index in [-0.39, 0.29) is 29.5 Å². The molecule has 0 aliphatic carbocycles. The van der Waals surface area contributed by atoms with Gasteiger partial charge in [0.15, 0.2) is 10.6 Å². The van der Waals surface area contributed by atoms with E-state index in [4.69, 9.17) is 5.73 Å². The third kappa shape index (κ3) is 4.38. The number of aromatic nitrogens is 1. The van der Waals surface area contributed by atoms with Crippen molar-refractivity contribution in [2.24, 2.45) is 10.7 Å². The van der Waals surface area contributed by atoms with E-state index in [0.717, 1.165) is 23.5 Å².